The number of anilines is 1. The monoisotopic (exact) mass is 398 g/mol. The summed E-state index contributed by atoms with van der Waals surface area (Å²) in [7, 11) is 1.85. The van der Waals surface area contributed by atoms with E-state index >= 15 is 0 Å². The number of hydrogen-bond donors (Lipinski definition) is 1. The molecule has 0 saturated heterocycles. The molecule has 8 heteroatoms. The predicted molar refractivity (Wildman–Crippen MR) is 94.3 cm³/mol. The smallest absolute Gasteiger partial charge is 0.206 e. The Bertz CT molecular complexity index is 740. The van der Waals surface area contributed by atoms with Crippen LogP contribution in [0.3, 0.4) is 0 Å². The van der Waals surface area contributed by atoms with E-state index in [1.807, 2.05) is 19.2 Å². The first-order chi connectivity index (χ1) is 10.2. The maximum Gasteiger partial charge on any atom is 0.206 e. The first kappa shape index (κ1) is 15.0. The van der Waals surface area contributed by atoms with E-state index in [1.54, 1.807) is 34.4 Å². The summed E-state index contributed by atoms with van der Waals surface area (Å²) in [4.78, 5) is 4.68. The number of nitrogens with zero attached hydrogens (tertiary/aromatic N) is 3. The molecule has 0 atom stereocenters. The molecule has 2 aromatic heterocycles. The van der Waals surface area contributed by atoms with Gasteiger partial charge < -0.3 is 5.32 Å². The zero-order valence-corrected chi connectivity index (χ0v) is 15.1. The largest absolute Gasteiger partial charge is 0.363 e. The molecular weight excluding hydrogens is 388 g/mol. The molecule has 0 saturated carbocycles. The van der Waals surface area contributed by atoms with E-state index in [1.165, 1.54) is 0 Å². The molecule has 0 unspecified atom stereocenters. The third-order valence-corrected chi connectivity index (χ3v) is 6.13. The van der Waals surface area contributed by atoms with E-state index in [-0.39, 0.29) is 0 Å². The molecule has 0 amide bonds. The van der Waals surface area contributed by atoms with Gasteiger partial charge in [-0.3, -0.25) is 0 Å². The fourth-order valence-corrected chi connectivity index (χ4v) is 4.55. The van der Waals surface area contributed by atoms with Crippen molar-refractivity contribution in [2.24, 2.45) is 0 Å². The Balaban J connectivity index is 1.67. The minimum atomic E-state index is 0.808. The number of aromatic nitrogens is 3. The van der Waals surface area contributed by atoms with Gasteiger partial charge in [-0.15, -0.1) is 21.5 Å². The van der Waals surface area contributed by atoms with Gasteiger partial charge >= 0.3 is 0 Å². The maximum atomic E-state index is 4.68. The van der Waals surface area contributed by atoms with Crippen LogP contribution in [0, 0.1) is 0 Å². The van der Waals surface area contributed by atoms with Crippen LogP contribution in [0.25, 0.3) is 10.6 Å². The van der Waals surface area contributed by atoms with Crippen LogP contribution in [0.5, 0.6) is 0 Å². The number of benzene rings is 1. The molecule has 1 N–H and O–H groups in total. The van der Waals surface area contributed by atoms with Crippen molar-refractivity contribution in [1.29, 1.82) is 0 Å². The van der Waals surface area contributed by atoms with Crippen LogP contribution in [-0.2, 0) is 5.75 Å². The first-order valence-electron chi connectivity index (χ1n) is 6.09. The zero-order chi connectivity index (χ0) is 14.7. The first-order valence-corrected chi connectivity index (χ1v) is 9.56. The molecule has 0 bridgehead atoms. The second kappa shape index (κ2) is 6.87. The zero-order valence-electron chi connectivity index (χ0n) is 11.0. The molecular formula is C13H11BrN4S3. The van der Waals surface area contributed by atoms with E-state index in [0.717, 1.165) is 36.0 Å². The molecule has 2 heterocycles. The van der Waals surface area contributed by atoms with Crippen molar-refractivity contribution < 1.29 is 0 Å². The molecule has 21 heavy (non-hydrogen) atoms. The second-order valence-corrected chi connectivity index (χ2v) is 8.04. The summed E-state index contributed by atoms with van der Waals surface area (Å²) in [5, 5.41) is 15.1. The lowest BCUT2D eigenvalue weighted by molar-refractivity contribution is 1.01. The molecule has 4 nitrogen and oxygen atoms in total. The highest BCUT2D eigenvalue weighted by Crippen LogP contribution is 2.31. The molecule has 1 aromatic carbocycles. The van der Waals surface area contributed by atoms with Crippen LogP contribution >= 0.6 is 50.4 Å². The lowest BCUT2D eigenvalue weighted by Gasteiger charge is -1.96. The van der Waals surface area contributed by atoms with Crippen LogP contribution in [-0.4, -0.2) is 22.2 Å². The highest BCUT2D eigenvalue weighted by Gasteiger charge is 2.08. The highest BCUT2D eigenvalue weighted by molar-refractivity contribution is 9.10. The van der Waals surface area contributed by atoms with Crippen molar-refractivity contribution in [3.8, 4) is 10.6 Å². The van der Waals surface area contributed by atoms with E-state index < -0.39 is 0 Å². The van der Waals surface area contributed by atoms with Crippen molar-refractivity contribution in [2.45, 2.75) is 10.1 Å². The summed E-state index contributed by atoms with van der Waals surface area (Å²) in [6.07, 6.45) is 0. The van der Waals surface area contributed by atoms with Gasteiger partial charge in [-0.2, -0.15) is 0 Å². The van der Waals surface area contributed by atoms with Crippen molar-refractivity contribution in [1.82, 2.24) is 15.2 Å². The minimum Gasteiger partial charge on any atom is -0.363 e. The summed E-state index contributed by atoms with van der Waals surface area (Å²) >= 11 is 8.37. The summed E-state index contributed by atoms with van der Waals surface area (Å²) < 4.78 is 2.02. The molecule has 3 aromatic rings. The molecule has 0 aliphatic carbocycles. The average Bonchev–Trinajstić information content (AvgIpc) is 3.14. The third kappa shape index (κ3) is 3.82. The van der Waals surface area contributed by atoms with E-state index in [2.05, 4.69) is 53.9 Å². The number of hydrogen-bond acceptors (Lipinski definition) is 7. The topological polar surface area (TPSA) is 50.7 Å². The van der Waals surface area contributed by atoms with Gasteiger partial charge in [-0.1, -0.05) is 51.2 Å². The van der Waals surface area contributed by atoms with Gasteiger partial charge in [0.1, 0.15) is 5.01 Å². The number of thiazole rings is 1. The maximum absolute atomic E-state index is 4.68. The Kier molecular flexibility index (Phi) is 4.89. The van der Waals surface area contributed by atoms with E-state index in [0.29, 0.717) is 0 Å². The van der Waals surface area contributed by atoms with Gasteiger partial charge in [0.05, 0.1) is 5.69 Å². The van der Waals surface area contributed by atoms with Gasteiger partial charge in [0.2, 0.25) is 5.13 Å². The lowest BCUT2D eigenvalue weighted by Crippen LogP contribution is -1.84. The molecule has 0 aliphatic rings. The van der Waals surface area contributed by atoms with Crippen LogP contribution in [0.2, 0.25) is 0 Å². The van der Waals surface area contributed by atoms with Gasteiger partial charge in [-0.25, -0.2) is 4.98 Å². The SMILES string of the molecule is CNc1nnc(SCc2csc(-c3cccc(Br)c3)n2)s1. The summed E-state index contributed by atoms with van der Waals surface area (Å²) in [5.41, 5.74) is 2.21. The number of nitrogens with one attached hydrogen (secondary N) is 1. The average molecular weight is 399 g/mol. The van der Waals surface area contributed by atoms with Crippen molar-refractivity contribution in [3.63, 3.8) is 0 Å². The minimum absolute atomic E-state index is 0.808. The Morgan fingerprint density at radius 1 is 1.33 bits per heavy atom. The van der Waals surface area contributed by atoms with Gasteiger partial charge in [0.15, 0.2) is 4.34 Å². The summed E-state index contributed by atoms with van der Waals surface area (Å²) in [5.74, 6) is 0.808. The molecule has 0 fully saturated rings. The van der Waals surface area contributed by atoms with Crippen LogP contribution in [0.15, 0.2) is 38.5 Å². The van der Waals surface area contributed by atoms with Crippen molar-refractivity contribution >= 4 is 55.5 Å². The Morgan fingerprint density at radius 3 is 3.00 bits per heavy atom. The lowest BCUT2D eigenvalue weighted by atomic mass is 10.2. The number of halogens is 1. The van der Waals surface area contributed by atoms with E-state index in [9.17, 15) is 0 Å². The molecule has 0 aliphatic heterocycles. The van der Waals surface area contributed by atoms with E-state index in [4.69, 9.17) is 0 Å². The molecule has 0 radical (unpaired) electrons. The normalized spacial score (nSPS) is 10.8. The number of thioether (sulfide) groups is 1. The number of rotatable bonds is 5. The predicted octanol–water partition coefficient (Wildman–Crippen LogP) is 4.76. The van der Waals surface area contributed by atoms with Gasteiger partial charge in [0, 0.05) is 28.2 Å². The Hall–Kier alpha value is -0.960. The quantitative estimate of drug-likeness (QED) is 0.627. The fraction of sp³-hybridized carbons (Fsp3) is 0.154. The molecule has 3 rings (SSSR count). The van der Waals surface area contributed by atoms with Crippen LogP contribution in [0.1, 0.15) is 5.69 Å². The third-order valence-electron chi connectivity index (χ3n) is 2.59. The summed E-state index contributed by atoms with van der Waals surface area (Å²) in [6, 6.07) is 8.20. The van der Waals surface area contributed by atoms with Crippen molar-refractivity contribution in [2.75, 3.05) is 12.4 Å². The Labute approximate surface area is 143 Å². The second-order valence-electron chi connectivity index (χ2n) is 4.07. The van der Waals surface area contributed by atoms with Crippen LogP contribution < -0.4 is 5.32 Å². The van der Waals surface area contributed by atoms with Crippen LogP contribution in [0.4, 0.5) is 5.13 Å². The fourth-order valence-electron chi connectivity index (χ4n) is 1.63. The molecule has 0 spiro atoms. The standard InChI is InChI=1S/C13H11BrN4S3/c1-15-12-17-18-13(21-12)20-7-10-6-19-11(16-10)8-3-2-4-9(14)5-8/h2-6H,7H2,1H3,(H,15,17). The molecule has 108 valence electrons. The highest BCUT2D eigenvalue weighted by atomic mass is 79.9. The summed E-state index contributed by atoms with van der Waals surface area (Å²) in [6.45, 7) is 0. The van der Waals surface area contributed by atoms with Gasteiger partial charge in [0.25, 0.3) is 0 Å². The Morgan fingerprint density at radius 2 is 2.24 bits per heavy atom. The van der Waals surface area contributed by atoms with Gasteiger partial charge in [-0.05, 0) is 12.1 Å². The van der Waals surface area contributed by atoms with Crippen molar-refractivity contribution in [3.05, 3.63) is 39.8 Å².